The second-order valence-electron chi connectivity index (χ2n) is 14.3. The zero-order valence-electron chi connectivity index (χ0n) is 31.2. The molecule has 0 aromatic heterocycles. The van der Waals surface area contributed by atoms with E-state index in [9.17, 15) is 19.0 Å². The van der Waals surface area contributed by atoms with E-state index < -0.39 is 26.5 Å². The predicted octanol–water partition coefficient (Wildman–Crippen LogP) is 9.44. The molecule has 0 aliphatic heterocycles. The van der Waals surface area contributed by atoms with Gasteiger partial charge in [-0.1, -0.05) is 149 Å². The van der Waals surface area contributed by atoms with Gasteiger partial charge in [0.2, 0.25) is 0 Å². The highest BCUT2D eigenvalue weighted by Gasteiger charge is 2.21. The number of hydrogen-bond acceptors (Lipinski definition) is 8. The molecule has 0 rings (SSSR count). The van der Waals surface area contributed by atoms with Gasteiger partial charge in [-0.15, -0.1) is 0 Å². The quantitative estimate of drug-likeness (QED) is 0.0280. The zero-order chi connectivity index (χ0) is 35.1. The van der Waals surface area contributed by atoms with E-state index >= 15 is 0 Å². The predicted molar refractivity (Wildman–Crippen MR) is 190 cm³/mol. The number of likely N-dealkylation sites (N-methyl/N-ethyl adjacent to an activating group) is 1. The molecule has 9 nitrogen and oxygen atoms in total. The van der Waals surface area contributed by atoms with Gasteiger partial charge in [-0.3, -0.25) is 14.2 Å². The van der Waals surface area contributed by atoms with Gasteiger partial charge in [0.25, 0.3) is 7.82 Å². The lowest BCUT2D eigenvalue weighted by atomic mass is 10.0. The Kier molecular flexibility index (Phi) is 30.4. The standard InChI is InChI=1S/C37H74NO8P/c1-6-8-10-12-14-16-17-18-19-20-21-22-24-25-27-29-36(39)43-33-35(34-45-47(41,42)44-32-31-38(3,4)5)46-37(40)30-28-26-23-15-13-11-9-7-2/h35H,6-34H2,1-5H3. The first-order chi connectivity index (χ1) is 22.5. The Morgan fingerprint density at radius 3 is 1.36 bits per heavy atom. The minimum atomic E-state index is -4.60. The number of phosphoric ester groups is 1. The van der Waals surface area contributed by atoms with E-state index in [1.54, 1.807) is 0 Å². The van der Waals surface area contributed by atoms with Gasteiger partial charge in [-0.2, -0.15) is 0 Å². The Morgan fingerprint density at radius 1 is 0.574 bits per heavy atom. The first-order valence-corrected chi connectivity index (χ1v) is 20.7. The largest absolute Gasteiger partial charge is 0.756 e. The molecule has 0 saturated heterocycles. The monoisotopic (exact) mass is 692 g/mol. The maximum Gasteiger partial charge on any atom is 0.306 e. The number of ether oxygens (including phenoxy) is 2. The first-order valence-electron chi connectivity index (χ1n) is 19.2. The summed E-state index contributed by atoms with van der Waals surface area (Å²) in [6.07, 6.45) is 27.1. The Balaban J connectivity index is 4.33. The molecule has 0 spiro atoms. The van der Waals surface area contributed by atoms with Crippen molar-refractivity contribution < 1.29 is 42.1 Å². The molecule has 0 fully saturated rings. The van der Waals surface area contributed by atoms with Crippen LogP contribution in [-0.4, -0.2) is 70.0 Å². The molecule has 47 heavy (non-hydrogen) atoms. The van der Waals surface area contributed by atoms with Crippen LogP contribution >= 0.6 is 7.82 Å². The van der Waals surface area contributed by atoms with Crippen molar-refractivity contribution in [3.8, 4) is 0 Å². The molecule has 0 aromatic rings. The summed E-state index contributed by atoms with van der Waals surface area (Å²) >= 11 is 0. The number of rotatable bonds is 35. The van der Waals surface area contributed by atoms with Gasteiger partial charge in [0, 0.05) is 12.8 Å². The van der Waals surface area contributed by atoms with Gasteiger partial charge in [0.05, 0.1) is 27.7 Å². The summed E-state index contributed by atoms with van der Waals surface area (Å²) in [5.74, 6) is -0.831. The van der Waals surface area contributed by atoms with Crippen LogP contribution in [0.15, 0.2) is 0 Å². The van der Waals surface area contributed by atoms with Crippen molar-refractivity contribution in [2.75, 3.05) is 47.5 Å². The summed E-state index contributed by atoms with van der Waals surface area (Å²) in [5, 5.41) is 0. The van der Waals surface area contributed by atoms with Crippen LogP contribution in [0.2, 0.25) is 0 Å². The second kappa shape index (κ2) is 31.0. The normalized spacial score (nSPS) is 13.7. The lowest BCUT2D eigenvalue weighted by Gasteiger charge is -2.28. The summed E-state index contributed by atoms with van der Waals surface area (Å²) in [6.45, 7) is 4.20. The maximum atomic E-state index is 12.5. The van der Waals surface area contributed by atoms with E-state index in [-0.39, 0.29) is 32.0 Å². The average molecular weight is 692 g/mol. The SMILES string of the molecule is CCCCCCCCCCCCCCCCCC(=O)OCC(COP(=O)([O-])OCC[N+](C)(C)C)OC(=O)CCCCCCCCCC. The van der Waals surface area contributed by atoms with Crippen LogP contribution in [0.4, 0.5) is 0 Å². The first kappa shape index (κ1) is 46.0. The van der Waals surface area contributed by atoms with Gasteiger partial charge < -0.3 is 27.9 Å². The highest BCUT2D eigenvalue weighted by Crippen LogP contribution is 2.38. The van der Waals surface area contributed by atoms with Crippen LogP contribution < -0.4 is 4.89 Å². The average Bonchev–Trinajstić information content (AvgIpc) is 3.01. The molecule has 0 heterocycles. The lowest BCUT2D eigenvalue weighted by molar-refractivity contribution is -0.870. The number of unbranched alkanes of at least 4 members (excludes halogenated alkanes) is 21. The molecular formula is C37H74NO8P. The number of esters is 2. The Labute approximate surface area is 289 Å². The fourth-order valence-corrected chi connectivity index (χ4v) is 6.03. The lowest BCUT2D eigenvalue weighted by Crippen LogP contribution is -2.37. The van der Waals surface area contributed by atoms with E-state index in [1.807, 2.05) is 21.1 Å². The van der Waals surface area contributed by atoms with E-state index in [0.29, 0.717) is 17.4 Å². The van der Waals surface area contributed by atoms with Crippen LogP contribution in [0.25, 0.3) is 0 Å². The van der Waals surface area contributed by atoms with E-state index in [1.165, 1.54) is 103 Å². The second-order valence-corrected chi connectivity index (χ2v) is 15.7. The molecule has 0 aliphatic rings. The highest BCUT2D eigenvalue weighted by atomic mass is 31.2. The number of carbonyl (C=O) groups is 2. The number of hydrogen-bond donors (Lipinski definition) is 0. The third-order valence-corrected chi connectivity index (χ3v) is 9.34. The van der Waals surface area contributed by atoms with E-state index in [0.717, 1.165) is 38.5 Å². The number of nitrogens with zero attached hydrogens (tertiary/aromatic N) is 1. The molecule has 0 aromatic carbocycles. The van der Waals surface area contributed by atoms with Crippen molar-refractivity contribution in [2.45, 2.75) is 180 Å². The number of quaternary nitrogens is 1. The van der Waals surface area contributed by atoms with Crippen LogP contribution in [-0.2, 0) is 32.7 Å². The van der Waals surface area contributed by atoms with Crippen molar-refractivity contribution in [1.29, 1.82) is 0 Å². The molecular weight excluding hydrogens is 617 g/mol. The van der Waals surface area contributed by atoms with Gasteiger partial charge in [0.1, 0.15) is 19.8 Å². The summed E-state index contributed by atoms with van der Waals surface area (Å²) < 4.78 is 33.7. The highest BCUT2D eigenvalue weighted by molar-refractivity contribution is 7.45. The van der Waals surface area contributed by atoms with Gasteiger partial charge >= 0.3 is 11.9 Å². The molecule has 0 bridgehead atoms. The molecule has 10 heteroatoms. The molecule has 0 aliphatic carbocycles. The van der Waals surface area contributed by atoms with E-state index in [4.69, 9.17) is 18.5 Å². The number of carbonyl (C=O) groups excluding carboxylic acids is 2. The smallest absolute Gasteiger partial charge is 0.306 e. The fraction of sp³-hybridized carbons (Fsp3) is 0.946. The number of phosphoric acid groups is 1. The third kappa shape index (κ3) is 34.7. The molecule has 0 N–H and O–H groups in total. The van der Waals surface area contributed by atoms with Crippen molar-refractivity contribution in [2.24, 2.45) is 0 Å². The molecule has 0 amide bonds. The summed E-state index contributed by atoms with van der Waals surface area (Å²) in [5.41, 5.74) is 0. The third-order valence-electron chi connectivity index (χ3n) is 8.38. The minimum absolute atomic E-state index is 0.0264. The topological polar surface area (TPSA) is 111 Å². The van der Waals surface area contributed by atoms with E-state index in [2.05, 4.69) is 13.8 Å². The van der Waals surface area contributed by atoms with Crippen molar-refractivity contribution in [1.82, 2.24) is 0 Å². The Morgan fingerprint density at radius 2 is 0.957 bits per heavy atom. The summed E-state index contributed by atoms with van der Waals surface area (Å²) in [4.78, 5) is 37.2. The van der Waals surface area contributed by atoms with Crippen molar-refractivity contribution in [3.63, 3.8) is 0 Å². The van der Waals surface area contributed by atoms with Crippen molar-refractivity contribution in [3.05, 3.63) is 0 Å². The molecule has 0 saturated carbocycles. The molecule has 2 unspecified atom stereocenters. The van der Waals surface area contributed by atoms with Crippen LogP contribution in [0.3, 0.4) is 0 Å². The minimum Gasteiger partial charge on any atom is -0.756 e. The van der Waals surface area contributed by atoms with Gasteiger partial charge in [-0.25, -0.2) is 0 Å². The summed E-state index contributed by atoms with van der Waals surface area (Å²) in [7, 11) is 1.18. The maximum absolute atomic E-state index is 12.5. The van der Waals surface area contributed by atoms with Crippen LogP contribution in [0.5, 0.6) is 0 Å². The fourth-order valence-electron chi connectivity index (χ4n) is 5.30. The summed E-state index contributed by atoms with van der Waals surface area (Å²) in [6, 6.07) is 0. The molecule has 0 radical (unpaired) electrons. The molecule has 280 valence electrons. The zero-order valence-corrected chi connectivity index (χ0v) is 32.1. The van der Waals surface area contributed by atoms with Gasteiger partial charge in [-0.05, 0) is 12.8 Å². The van der Waals surface area contributed by atoms with Crippen LogP contribution in [0.1, 0.15) is 174 Å². The Hall–Kier alpha value is -0.990. The Bertz CT molecular complexity index is 789. The van der Waals surface area contributed by atoms with Crippen LogP contribution in [0, 0.1) is 0 Å². The van der Waals surface area contributed by atoms with Gasteiger partial charge in [0.15, 0.2) is 6.10 Å². The van der Waals surface area contributed by atoms with Crippen molar-refractivity contribution >= 4 is 19.8 Å². The molecule has 2 atom stereocenters.